The summed E-state index contributed by atoms with van der Waals surface area (Å²) in [5.41, 5.74) is 0.868. The van der Waals surface area contributed by atoms with Gasteiger partial charge >= 0.3 is 0 Å². The smallest absolute Gasteiger partial charge is 0.239 e. The molecule has 1 fully saturated rings. The van der Waals surface area contributed by atoms with E-state index in [-0.39, 0.29) is 11.2 Å². The second-order valence-electron chi connectivity index (χ2n) is 4.29. The second kappa shape index (κ2) is 7.09. The number of hydrogen-bond acceptors (Lipinski definition) is 5. The van der Waals surface area contributed by atoms with Gasteiger partial charge in [0.25, 0.3) is 0 Å². The number of benzene rings is 1. The van der Waals surface area contributed by atoms with E-state index in [4.69, 9.17) is 4.74 Å². The molecular weight excluding hydrogens is 274 g/mol. The molecule has 0 aromatic heterocycles. The number of ether oxygens (including phenoxy) is 1. The molecule has 0 radical (unpaired) electrons. The van der Waals surface area contributed by atoms with Crippen LogP contribution in [0.2, 0.25) is 0 Å². The van der Waals surface area contributed by atoms with E-state index in [1.807, 2.05) is 31.2 Å². The van der Waals surface area contributed by atoms with Crippen molar-refractivity contribution in [1.29, 1.82) is 0 Å². The van der Waals surface area contributed by atoms with Crippen LogP contribution in [0.3, 0.4) is 0 Å². The van der Waals surface area contributed by atoms with Crippen molar-refractivity contribution in [3.8, 4) is 5.75 Å². The average molecular weight is 291 g/mol. The van der Waals surface area contributed by atoms with Gasteiger partial charge in [-0.15, -0.1) is 5.10 Å². The molecule has 106 valence electrons. The van der Waals surface area contributed by atoms with Gasteiger partial charge < -0.3 is 10.1 Å². The quantitative estimate of drug-likeness (QED) is 0.669. The zero-order valence-corrected chi connectivity index (χ0v) is 12.3. The van der Waals surface area contributed by atoms with Gasteiger partial charge in [0.15, 0.2) is 5.17 Å². The van der Waals surface area contributed by atoms with Gasteiger partial charge in [-0.1, -0.05) is 30.8 Å². The lowest BCUT2D eigenvalue weighted by molar-refractivity contribution is -0.118. The van der Waals surface area contributed by atoms with Gasteiger partial charge in [0, 0.05) is 5.56 Å². The van der Waals surface area contributed by atoms with Crippen molar-refractivity contribution in [2.45, 2.75) is 25.5 Å². The number of thioether (sulfide) groups is 1. The van der Waals surface area contributed by atoms with E-state index in [1.165, 1.54) is 11.8 Å². The Hall–Kier alpha value is -1.82. The number of rotatable bonds is 5. The van der Waals surface area contributed by atoms with E-state index in [0.29, 0.717) is 11.8 Å². The lowest BCUT2D eigenvalue weighted by Crippen LogP contribution is -2.23. The van der Waals surface area contributed by atoms with Crippen LogP contribution in [0.1, 0.15) is 25.8 Å². The molecule has 1 atom stereocenters. The minimum atomic E-state index is -0.107. The molecule has 1 saturated heterocycles. The first-order valence-electron chi connectivity index (χ1n) is 6.51. The molecule has 1 N–H and O–H groups in total. The van der Waals surface area contributed by atoms with Gasteiger partial charge in [-0.25, -0.2) is 0 Å². The molecular formula is C14H17N3O2S. The molecule has 1 unspecified atom stereocenters. The number of nitrogens with one attached hydrogen (secondary N) is 1. The van der Waals surface area contributed by atoms with E-state index in [9.17, 15) is 4.79 Å². The number of nitrogens with zero attached hydrogens (tertiary/aromatic N) is 2. The van der Waals surface area contributed by atoms with Gasteiger partial charge in [-0.3, -0.25) is 4.79 Å². The van der Waals surface area contributed by atoms with E-state index < -0.39 is 0 Å². The molecule has 5 nitrogen and oxygen atoms in total. The van der Waals surface area contributed by atoms with Crippen molar-refractivity contribution in [2.75, 3.05) is 6.61 Å². The molecule has 1 aliphatic heterocycles. The fourth-order valence-electron chi connectivity index (χ4n) is 1.58. The topological polar surface area (TPSA) is 63.1 Å². The minimum Gasteiger partial charge on any atom is -0.493 e. The zero-order chi connectivity index (χ0) is 14.4. The van der Waals surface area contributed by atoms with Gasteiger partial charge in [0.05, 0.1) is 18.1 Å². The summed E-state index contributed by atoms with van der Waals surface area (Å²) in [6, 6.07) is 7.65. The van der Waals surface area contributed by atoms with Gasteiger partial charge in [0.1, 0.15) is 5.75 Å². The summed E-state index contributed by atoms with van der Waals surface area (Å²) in [5.74, 6) is 0.755. The molecule has 2 rings (SSSR count). The predicted octanol–water partition coefficient (Wildman–Crippen LogP) is 2.42. The van der Waals surface area contributed by atoms with Crippen LogP contribution in [-0.4, -0.2) is 29.1 Å². The maximum absolute atomic E-state index is 11.3. The normalized spacial score (nSPS) is 20.6. The summed E-state index contributed by atoms with van der Waals surface area (Å²) in [4.78, 5) is 11.3. The predicted molar refractivity (Wildman–Crippen MR) is 82.5 cm³/mol. The van der Waals surface area contributed by atoms with Crippen molar-refractivity contribution in [3.63, 3.8) is 0 Å². The van der Waals surface area contributed by atoms with Crippen LogP contribution in [0.5, 0.6) is 5.75 Å². The summed E-state index contributed by atoms with van der Waals surface area (Å²) in [6.45, 7) is 4.56. The second-order valence-corrected chi connectivity index (χ2v) is 5.61. The molecule has 0 bridgehead atoms. The summed E-state index contributed by atoms with van der Waals surface area (Å²) in [7, 11) is 0. The maximum atomic E-state index is 11.3. The molecule has 20 heavy (non-hydrogen) atoms. The third-order valence-electron chi connectivity index (χ3n) is 2.61. The first-order valence-corrected chi connectivity index (χ1v) is 7.39. The number of carbonyl (C=O) groups excluding carboxylic acids is 1. The van der Waals surface area contributed by atoms with E-state index in [2.05, 4.69) is 22.4 Å². The molecule has 1 aromatic carbocycles. The standard InChI is InChI=1S/C14H17N3O2S/c1-3-8-19-12-7-5-4-6-11(12)9-15-17-14-16-13(18)10(2)20-14/h4-7,9-10H,3,8H2,1-2H3,(H,16,17,18). The zero-order valence-electron chi connectivity index (χ0n) is 11.5. The van der Waals surface area contributed by atoms with Gasteiger partial charge in [0.2, 0.25) is 5.91 Å². The van der Waals surface area contributed by atoms with Crippen molar-refractivity contribution >= 4 is 29.1 Å². The molecule has 1 amide bonds. The Bertz CT molecular complexity index is 543. The lowest BCUT2D eigenvalue weighted by Gasteiger charge is -2.06. The fourth-order valence-corrected chi connectivity index (χ4v) is 2.33. The molecule has 0 spiro atoms. The summed E-state index contributed by atoms with van der Waals surface area (Å²) in [5, 5.41) is 11.1. The molecule has 0 aliphatic carbocycles. The molecule has 1 heterocycles. The van der Waals surface area contributed by atoms with E-state index >= 15 is 0 Å². The van der Waals surface area contributed by atoms with Crippen LogP contribution in [0.25, 0.3) is 0 Å². The number of para-hydroxylation sites is 1. The number of amidine groups is 1. The first-order chi connectivity index (χ1) is 9.70. The monoisotopic (exact) mass is 291 g/mol. The summed E-state index contributed by atoms with van der Waals surface area (Å²) in [6.07, 6.45) is 2.59. The van der Waals surface area contributed by atoms with Crippen LogP contribution in [0.15, 0.2) is 34.5 Å². The van der Waals surface area contributed by atoms with Crippen molar-refractivity contribution in [2.24, 2.45) is 10.2 Å². The van der Waals surface area contributed by atoms with Crippen molar-refractivity contribution in [3.05, 3.63) is 29.8 Å². The number of amides is 1. The highest BCUT2D eigenvalue weighted by Gasteiger charge is 2.25. The van der Waals surface area contributed by atoms with Gasteiger partial charge in [-0.2, -0.15) is 5.10 Å². The van der Waals surface area contributed by atoms with Crippen LogP contribution in [0, 0.1) is 0 Å². The summed E-state index contributed by atoms with van der Waals surface area (Å²) >= 11 is 1.37. The third kappa shape index (κ3) is 3.84. The van der Waals surface area contributed by atoms with Crippen molar-refractivity contribution in [1.82, 2.24) is 5.32 Å². The van der Waals surface area contributed by atoms with Crippen LogP contribution >= 0.6 is 11.8 Å². The first kappa shape index (κ1) is 14.6. The lowest BCUT2D eigenvalue weighted by atomic mass is 10.2. The Balaban J connectivity index is 2.04. The highest BCUT2D eigenvalue weighted by atomic mass is 32.2. The Morgan fingerprint density at radius 3 is 2.95 bits per heavy atom. The van der Waals surface area contributed by atoms with Crippen molar-refractivity contribution < 1.29 is 9.53 Å². The SMILES string of the molecule is CCCOc1ccccc1C=N/N=C1/NC(=O)C(C)S1. The molecule has 1 aromatic rings. The van der Waals surface area contributed by atoms with Crippen LogP contribution in [-0.2, 0) is 4.79 Å². The van der Waals surface area contributed by atoms with Crippen LogP contribution < -0.4 is 10.1 Å². The number of carbonyl (C=O) groups is 1. The van der Waals surface area contributed by atoms with Gasteiger partial charge in [-0.05, 0) is 25.5 Å². The average Bonchev–Trinajstić information content (AvgIpc) is 2.76. The largest absolute Gasteiger partial charge is 0.493 e. The highest BCUT2D eigenvalue weighted by Crippen LogP contribution is 2.19. The summed E-state index contributed by atoms with van der Waals surface area (Å²) < 4.78 is 5.63. The third-order valence-corrected chi connectivity index (χ3v) is 3.59. The Kier molecular flexibility index (Phi) is 5.17. The Labute approximate surface area is 122 Å². The Morgan fingerprint density at radius 1 is 1.45 bits per heavy atom. The number of hydrogen-bond donors (Lipinski definition) is 1. The highest BCUT2D eigenvalue weighted by molar-refractivity contribution is 8.15. The van der Waals surface area contributed by atoms with E-state index in [0.717, 1.165) is 17.7 Å². The Morgan fingerprint density at radius 2 is 2.25 bits per heavy atom. The molecule has 0 saturated carbocycles. The van der Waals surface area contributed by atoms with E-state index in [1.54, 1.807) is 6.21 Å². The van der Waals surface area contributed by atoms with Crippen LogP contribution in [0.4, 0.5) is 0 Å². The fraction of sp³-hybridized carbons (Fsp3) is 0.357. The molecule has 6 heteroatoms. The maximum Gasteiger partial charge on any atom is 0.239 e. The minimum absolute atomic E-state index is 0.0318. The molecule has 1 aliphatic rings.